The van der Waals surface area contributed by atoms with Crippen LogP contribution in [0.4, 0.5) is 0 Å². The van der Waals surface area contributed by atoms with Crippen LogP contribution in [0.2, 0.25) is 0 Å². The van der Waals surface area contributed by atoms with Crippen LogP contribution in [-0.4, -0.2) is 30.1 Å². The van der Waals surface area contributed by atoms with Crippen molar-refractivity contribution in [3.63, 3.8) is 0 Å². The lowest BCUT2D eigenvalue weighted by Gasteiger charge is -1.98. The smallest absolute Gasteiger partial charge is 0.230 e. The van der Waals surface area contributed by atoms with Gasteiger partial charge in [-0.15, -0.1) is 11.6 Å². The van der Waals surface area contributed by atoms with Gasteiger partial charge in [0.25, 0.3) is 0 Å². The molecule has 0 aromatic carbocycles. The molecule has 7 heteroatoms. The molecule has 1 aromatic heterocycles. The summed E-state index contributed by atoms with van der Waals surface area (Å²) in [5.41, 5.74) is 0. The summed E-state index contributed by atoms with van der Waals surface area (Å²) in [4.78, 5) is 4.08. The Bertz CT molecular complexity index is 454. The summed E-state index contributed by atoms with van der Waals surface area (Å²) in [5.74, 6) is 0.943. The second kappa shape index (κ2) is 3.75. The van der Waals surface area contributed by atoms with Gasteiger partial charge in [-0.1, -0.05) is 5.16 Å². The maximum atomic E-state index is 11.2. The standard InChI is InChI=1S/C8H11ClN2O3S/c1-5(9)7-10-8(14-11-7)6-2-3-15(12,13)4-6/h5-6H,2-4H2,1H3. The number of halogens is 1. The van der Waals surface area contributed by atoms with E-state index in [4.69, 9.17) is 16.1 Å². The van der Waals surface area contributed by atoms with Crippen LogP contribution in [0.5, 0.6) is 0 Å². The van der Waals surface area contributed by atoms with Gasteiger partial charge in [-0.25, -0.2) is 8.42 Å². The van der Waals surface area contributed by atoms with E-state index in [1.165, 1.54) is 0 Å². The average molecular weight is 251 g/mol. The minimum atomic E-state index is -2.92. The molecule has 1 aliphatic heterocycles. The number of rotatable bonds is 2. The lowest BCUT2D eigenvalue weighted by molar-refractivity contribution is 0.356. The van der Waals surface area contributed by atoms with Crippen molar-refractivity contribution >= 4 is 21.4 Å². The molecule has 0 saturated carbocycles. The summed E-state index contributed by atoms with van der Waals surface area (Å²) in [6.07, 6.45) is 0.556. The molecule has 1 aromatic rings. The summed E-state index contributed by atoms with van der Waals surface area (Å²) in [7, 11) is -2.92. The van der Waals surface area contributed by atoms with Gasteiger partial charge in [-0.05, 0) is 13.3 Å². The minimum Gasteiger partial charge on any atom is -0.339 e. The van der Waals surface area contributed by atoms with Crippen molar-refractivity contribution in [1.82, 2.24) is 10.1 Å². The molecule has 5 nitrogen and oxygen atoms in total. The van der Waals surface area contributed by atoms with Crippen molar-refractivity contribution in [2.45, 2.75) is 24.6 Å². The van der Waals surface area contributed by atoms with Crippen LogP contribution in [0, 0.1) is 0 Å². The molecule has 2 rings (SSSR count). The molecule has 0 radical (unpaired) electrons. The van der Waals surface area contributed by atoms with Gasteiger partial charge in [-0.2, -0.15) is 4.98 Å². The third-order valence-electron chi connectivity index (χ3n) is 2.39. The Morgan fingerprint density at radius 3 is 2.80 bits per heavy atom. The molecule has 2 unspecified atom stereocenters. The van der Waals surface area contributed by atoms with Crippen molar-refractivity contribution in [1.29, 1.82) is 0 Å². The van der Waals surface area contributed by atoms with Crippen LogP contribution in [0.15, 0.2) is 4.52 Å². The van der Waals surface area contributed by atoms with E-state index in [-0.39, 0.29) is 22.8 Å². The Morgan fingerprint density at radius 1 is 1.60 bits per heavy atom. The maximum absolute atomic E-state index is 11.2. The highest BCUT2D eigenvalue weighted by Crippen LogP contribution is 2.28. The first-order valence-electron chi connectivity index (χ1n) is 4.66. The molecule has 0 spiro atoms. The molecule has 15 heavy (non-hydrogen) atoms. The van der Waals surface area contributed by atoms with Gasteiger partial charge in [0.15, 0.2) is 15.7 Å². The Balaban J connectivity index is 2.17. The quantitative estimate of drug-likeness (QED) is 0.739. The molecule has 0 N–H and O–H groups in total. The third kappa shape index (κ3) is 2.31. The van der Waals surface area contributed by atoms with Gasteiger partial charge in [0.1, 0.15) is 0 Å². The van der Waals surface area contributed by atoms with Gasteiger partial charge < -0.3 is 4.52 Å². The first-order valence-corrected chi connectivity index (χ1v) is 6.92. The predicted molar refractivity (Wildman–Crippen MR) is 54.6 cm³/mol. The van der Waals surface area contributed by atoms with E-state index in [1.807, 2.05) is 0 Å². The van der Waals surface area contributed by atoms with Crippen LogP contribution in [0.3, 0.4) is 0 Å². The highest BCUT2D eigenvalue weighted by molar-refractivity contribution is 7.91. The normalized spacial score (nSPS) is 26.7. The zero-order valence-corrected chi connectivity index (χ0v) is 9.75. The van der Waals surface area contributed by atoms with Crippen molar-refractivity contribution in [3.8, 4) is 0 Å². The van der Waals surface area contributed by atoms with Crippen LogP contribution in [0.25, 0.3) is 0 Å². The Labute approximate surface area is 92.7 Å². The average Bonchev–Trinajstić information content (AvgIpc) is 2.70. The summed E-state index contributed by atoms with van der Waals surface area (Å²) in [5, 5.41) is 3.38. The summed E-state index contributed by atoms with van der Waals surface area (Å²) >= 11 is 5.78. The van der Waals surface area contributed by atoms with Gasteiger partial charge >= 0.3 is 0 Å². The molecular formula is C8H11ClN2O3S. The molecule has 0 amide bonds. The fraction of sp³-hybridized carbons (Fsp3) is 0.750. The first kappa shape index (κ1) is 10.9. The monoisotopic (exact) mass is 250 g/mol. The second-order valence-electron chi connectivity index (χ2n) is 3.71. The maximum Gasteiger partial charge on any atom is 0.230 e. The highest BCUT2D eigenvalue weighted by atomic mass is 35.5. The van der Waals surface area contributed by atoms with Gasteiger partial charge in [0.05, 0.1) is 22.8 Å². The Kier molecular flexibility index (Phi) is 2.72. The van der Waals surface area contributed by atoms with Crippen LogP contribution >= 0.6 is 11.6 Å². The lowest BCUT2D eigenvalue weighted by Crippen LogP contribution is -2.04. The van der Waals surface area contributed by atoms with Gasteiger partial charge in [0, 0.05) is 0 Å². The topological polar surface area (TPSA) is 73.1 Å². The van der Waals surface area contributed by atoms with Crippen molar-refractivity contribution in [2.24, 2.45) is 0 Å². The number of sulfone groups is 1. The predicted octanol–water partition coefficient (Wildman–Crippen LogP) is 1.27. The number of alkyl halides is 1. The van der Waals surface area contributed by atoms with Crippen molar-refractivity contribution in [2.75, 3.05) is 11.5 Å². The van der Waals surface area contributed by atoms with Crippen molar-refractivity contribution in [3.05, 3.63) is 11.7 Å². The molecular weight excluding hydrogens is 240 g/mol. The number of hydrogen-bond donors (Lipinski definition) is 0. The highest BCUT2D eigenvalue weighted by Gasteiger charge is 2.33. The van der Waals surface area contributed by atoms with E-state index in [1.54, 1.807) is 6.92 Å². The molecule has 2 heterocycles. The molecule has 0 bridgehead atoms. The Morgan fingerprint density at radius 2 is 2.33 bits per heavy atom. The molecule has 1 fully saturated rings. The Hall–Kier alpha value is -0.620. The number of hydrogen-bond acceptors (Lipinski definition) is 5. The van der Waals surface area contributed by atoms with E-state index in [2.05, 4.69) is 10.1 Å². The van der Waals surface area contributed by atoms with E-state index >= 15 is 0 Å². The van der Waals surface area contributed by atoms with E-state index in [9.17, 15) is 8.42 Å². The van der Waals surface area contributed by atoms with E-state index in [0.717, 1.165) is 0 Å². The fourth-order valence-corrected chi connectivity index (χ4v) is 3.39. The van der Waals surface area contributed by atoms with Gasteiger partial charge in [0.2, 0.25) is 5.89 Å². The SMILES string of the molecule is CC(Cl)c1noc(C2CCS(=O)(=O)C2)n1. The van der Waals surface area contributed by atoms with Crippen molar-refractivity contribution < 1.29 is 12.9 Å². The molecule has 0 aliphatic carbocycles. The van der Waals surface area contributed by atoms with Crippen LogP contribution in [0.1, 0.15) is 36.4 Å². The van der Waals surface area contributed by atoms with Crippen LogP contribution in [-0.2, 0) is 9.84 Å². The van der Waals surface area contributed by atoms with Crippen LogP contribution < -0.4 is 0 Å². The fourth-order valence-electron chi connectivity index (χ4n) is 1.56. The molecule has 1 aliphatic rings. The molecule has 1 saturated heterocycles. The summed E-state index contributed by atoms with van der Waals surface area (Å²) < 4.78 is 27.5. The third-order valence-corrected chi connectivity index (χ3v) is 4.36. The van der Waals surface area contributed by atoms with E-state index < -0.39 is 9.84 Å². The minimum absolute atomic E-state index is 0.102. The lowest BCUT2D eigenvalue weighted by atomic mass is 10.1. The summed E-state index contributed by atoms with van der Waals surface area (Å²) in [6.45, 7) is 1.74. The largest absolute Gasteiger partial charge is 0.339 e. The molecule has 2 atom stereocenters. The number of nitrogens with zero attached hydrogens (tertiary/aromatic N) is 2. The zero-order valence-electron chi connectivity index (χ0n) is 8.18. The summed E-state index contributed by atoms with van der Waals surface area (Å²) in [6, 6.07) is 0. The van der Waals surface area contributed by atoms with E-state index in [0.29, 0.717) is 18.1 Å². The number of aromatic nitrogens is 2. The van der Waals surface area contributed by atoms with Gasteiger partial charge in [-0.3, -0.25) is 0 Å². The molecule has 84 valence electrons. The second-order valence-corrected chi connectivity index (χ2v) is 6.59. The zero-order chi connectivity index (χ0) is 11.1. The first-order chi connectivity index (χ1) is 6.98.